The molecule has 0 radical (unpaired) electrons. The van der Waals surface area contributed by atoms with Crippen molar-refractivity contribution >= 4 is 34.2 Å². The summed E-state index contributed by atoms with van der Waals surface area (Å²) in [5.41, 5.74) is 7.86. The Morgan fingerprint density at radius 3 is 1.94 bits per heavy atom. The summed E-state index contributed by atoms with van der Waals surface area (Å²) in [6, 6.07) is 25.8. The average molecular weight is 679 g/mol. The van der Waals surface area contributed by atoms with Crippen LogP contribution in [0, 0.1) is 0 Å². The number of nitrogens with zero attached hydrogens (tertiary/aromatic N) is 4. The van der Waals surface area contributed by atoms with Crippen LogP contribution in [0.25, 0.3) is 11.0 Å². The van der Waals surface area contributed by atoms with Gasteiger partial charge in [0, 0.05) is 49.9 Å². The van der Waals surface area contributed by atoms with Crippen molar-refractivity contribution in [1.82, 2.24) is 19.3 Å². The van der Waals surface area contributed by atoms with Crippen LogP contribution in [0.3, 0.4) is 0 Å². The molecule has 4 aromatic rings. The minimum absolute atomic E-state index is 0. The lowest BCUT2D eigenvalue weighted by Crippen LogP contribution is -3.00. The molecule has 7 nitrogen and oxygen atoms in total. The smallest absolute Gasteiger partial charge is 0.256 e. The first-order valence-electron chi connectivity index (χ1n) is 17.1. The number of likely N-dealkylation sites (tertiary alicyclic amines) is 2. The van der Waals surface area contributed by atoms with E-state index < -0.39 is 0 Å². The first-order chi connectivity index (χ1) is 22.0. The highest BCUT2D eigenvalue weighted by Crippen LogP contribution is 2.45. The molecule has 0 spiro atoms. The van der Waals surface area contributed by atoms with Crippen molar-refractivity contribution in [2.24, 2.45) is 0 Å². The molecule has 3 aliphatic heterocycles. The van der Waals surface area contributed by atoms with E-state index in [1.54, 1.807) is 0 Å². The fourth-order valence-electron chi connectivity index (χ4n) is 7.51. The summed E-state index contributed by atoms with van der Waals surface area (Å²) in [7, 11) is 0. The molecule has 252 valence electrons. The van der Waals surface area contributed by atoms with Crippen LogP contribution in [-0.4, -0.2) is 52.9 Å². The van der Waals surface area contributed by atoms with E-state index in [0.717, 1.165) is 56.5 Å². The van der Waals surface area contributed by atoms with Crippen LogP contribution in [0.2, 0.25) is 0 Å². The molecule has 9 heteroatoms. The number of aryl methyl sites for hydroxylation is 1. The second kappa shape index (κ2) is 16.6. The van der Waals surface area contributed by atoms with Crippen molar-refractivity contribution in [3.05, 3.63) is 89.7 Å². The maximum Gasteiger partial charge on any atom is 0.256 e. The number of hydrogen-bond acceptors (Lipinski definition) is 2. The molecule has 3 aromatic carbocycles. The van der Waals surface area contributed by atoms with Gasteiger partial charge in [-0.15, -0.1) is 0 Å². The van der Waals surface area contributed by atoms with E-state index in [1.165, 1.54) is 65.0 Å². The number of carbonyl (C=O) groups is 2. The predicted octanol–water partition coefficient (Wildman–Crippen LogP) is 0.996. The number of fused-ring (bicyclic) bond motifs is 3. The third-order valence-electron chi connectivity index (χ3n) is 9.96. The Morgan fingerprint density at radius 2 is 1.34 bits per heavy atom. The van der Waals surface area contributed by atoms with Gasteiger partial charge in [0.1, 0.15) is 11.4 Å². The Labute approximate surface area is 292 Å². The fraction of sp³-hybridized carbons (Fsp3) is 0.447. The van der Waals surface area contributed by atoms with E-state index >= 15 is 0 Å². The summed E-state index contributed by atoms with van der Waals surface area (Å²) < 4.78 is 3.06. The lowest BCUT2D eigenvalue weighted by molar-refractivity contribution is -0.694. The Kier molecular flexibility index (Phi) is 12.9. The molecule has 0 atom stereocenters. The first-order valence-corrected chi connectivity index (χ1v) is 17.1. The largest absolute Gasteiger partial charge is 1.00 e. The van der Waals surface area contributed by atoms with Crippen LogP contribution < -0.4 is 33.9 Å². The number of amides is 2. The number of nitrogens with one attached hydrogen (secondary N) is 1. The van der Waals surface area contributed by atoms with Gasteiger partial charge in [0.05, 0.1) is 6.54 Å². The summed E-state index contributed by atoms with van der Waals surface area (Å²) in [5.74, 6) is 1.84. The molecule has 0 saturated carbocycles. The number of hydrogen-bond donors (Lipinski definition) is 1. The average Bonchev–Trinajstić information content (AvgIpc) is 3.77. The fourth-order valence-corrected chi connectivity index (χ4v) is 7.51. The van der Waals surface area contributed by atoms with Gasteiger partial charge in [0.2, 0.25) is 11.8 Å². The Hall–Kier alpha value is -3.39. The van der Waals surface area contributed by atoms with Gasteiger partial charge in [-0.2, -0.15) is 0 Å². The van der Waals surface area contributed by atoms with Gasteiger partial charge in [0.25, 0.3) is 5.82 Å². The summed E-state index contributed by atoms with van der Waals surface area (Å²) in [6.07, 6.45) is 10.5. The van der Waals surface area contributed by atoms with Gasteiger partial charge < -0.3 is 29.7 Å². The van der Waals surface area contributed by atoms with Crippen LogP contribution >= 0.6 is 0 Å². The van der Waals surface area contributed by atoms with Gasteiger partial charge >= 0.3 is 0 Å². The highest BCUT2D eigenvalue weighted by molar-refractivity contribution is 5.79. The van der Waals surface area contributed by atoms with E-state index in [1.807, 2.05) is 4.90 Å². The number of unbranched alkanes of at least 4 members (excludes halogenated alkanes) is 3. The molecule has 1 aromatic heterocycles. The molecule has 1 N–H and O–H groups in total. The molecule has 7 rings (SSSR count). The van der Waals surface area contributed by atoms with Crippen LogP contribution in [0.15, 0.2) is 72.8 Å². The van der Waals surface area contributed by atoms with Gasteiger partial charge in [-0.05, 0) is 50.5 Å². The molecule has 2 fully saturated rings. The summed E-state index contributed by atoms with van der Waals surface area (Å²) in [6.45, 7) is 8.65. The van der Waals surface area contributed by atoms with E-state index in [2.05, 4.69) is 101 Å². The van der Waals surface area contributed by atoms with Crippen molar-refractivity contribution in [3.8, 4) is 0 Å². The number of benzene rings is 3. The van der Waals surface area contributed by atoms with Crippen molar-refractivity contribution in [1.29, 1.82) is 0 Å². The lowest BCUT2D eigenvalue weighted by Gasteiger charge is -2.43. The molecule has 0 unspecified atom stereocenters. The molecule has 2 saturated heterocycles. The highest BCUT2D eigenvalue weighted by atomic mass is 35.5. The topological polar surface area (TPSA) is 60.3 Å². The van der Waals surface area contributed by atoms with E-state index in [9.17, 15) is 9.59 Å². The number of para-hydroxylation sites is 4. The normalized spacial score (nSPS) is 16.2. The summed E-state index contributed by atoms with van der Waals surface area (Å²) in [4.78, 5) is 31.8. The molecule has 2 amide bonds. The number of aromatic nitrogens is 2. The Morgan fingerprint density at radius 1 is 0.745 bits per heavy atom. The quantitative estimate of drug-likeness (QED) is 0.155. The summed E-state index contributed by atoms with van der Waals surface area (Å²) in [5, 5.41) is 0. The molecule has 3 aliphatic rings. The second-order valence-electron chi connectivity index (χ2n) is 12.9. The standard InChI is InChI=1S/C20H23N2O.C18H25N3O.2ClH/c1-2-22(15-21-13-7-12-20(21)23)18-10-5-3-8-16(18)14-17-9-4-6-11-19(17)22;1-2-3-4-5-11-17-19-15-9-6-7-10-16(15)21(17)14-20-13-8-12-18(20)22;;/h3-6,8-11H,2,7,12-15H2,1H3;6-7,9-10H,2-5,8,11-14H2,1H3;2*1H/q+1;;;/p-1. The number of halogens is 2. The van der Waals surface area contributed by atoms with Crippen LogP contribution in [0.5, 0.6) is 0 Å². The van der Waals surface area contributed by atoms with Gasteiger partial charge in [-0.25, -0.2) is 14.0 Å². The number of aromatic amines is 1. The third kappa shape index (κ3) is 7.69. The van der Waals surface area contributed by atoms with Crippen molar-refractivity contribution in [2.75, 3.05) is 26.3 Å². The number of H-pyrrole nitrogens is 1. The molecular formula is C38H49Cl2N5O2. The molecule has 0 bridgehead atoms. The number of quaternary nitrogens is 1. The lowest BCUT2D eigenvalue weighted by atomic mass is 9.93. The van der Waals surface area contributed by atoms with Crippen LogP contribution in [0.4, 0.5) is 11.4 Å². The number of carbonyl (C=O) groups excluding carboxylic acids is 2. The SMILES string of the molecule is CCCCCCc1[nH]c2ccccc2[n+]1CN1CCCC1=O.CC[N+]1(CN2CCCC2=O)c2ccccc2Cc2ccccc21.[Cl-].[Cl-]. The van der Waals surface area contributed by atoms with Gasteiger partial charge in [-0.1, -0.05) is 74.7 Å². The minimum Gasteiger partial charge on any atom is -1.00 e. The Balaban J connectivity index is 0.000000204. The molecular weight excluding hydrogens is 629 g/mol. The van der Waals surface area contributed by atoms with Crippen LogP contribution in [-0.2, 0) is 29.1 Å². The second-order valence-corrected chi connectivity index (χ2v) is 12.9. The zero-order chi connectivity index (χ0) is 31.2. The molecule has 47 heavy (non-hydrogen) atoms. The van der Waals surface area contributed by atoms with Crippen molar-refractivity contribution in [3.63, 3.8) is 0 Å². The first kappa shape index (κ1) is 36.4. The zero-order valence-electron chi connectivity index (χ0n) is 27.9. The minimum atomic E-state index is 0. The van der Waals surface area contributed by atoms with Crippen molar-refractivity contribution < 1.29 is 39.0 Å². The molecule has 0 aliphatic carbocycles. The summed E-state index contributed by atoms with van der Waals surface area (Å²) >= 11 is 0. The molecule has 4 heterocycles. The maximum atomic E-state index is 12.2. The maximum absolute atomic E-state index is 12.2. The van der Waals surface area contributed by atoms with Crippen molar-refractivity contribution in [2.45, 2.75) is 84.7 Å². The number of rotatable bonds is 10. The predicted molar refractivity (Wildman–Crippen MR) is 181 cm³/mol. The Bertz CT molecular complexity index is 1610. The van der Waals surface area contributed by atoms with Gasteiger partial charge in [-0.3, -0.25) is 14.5 Å². The monoisotopic (exact) mass is 677 g/mol. The number of imidazole rings is 1. The van der Waals surface area contributed by atoms with Crippen LogP contribution in [0.1, 0.15) is 82.2 Å². The van der Waals surface area contributed by atoms with E-state index in [-0.39, 0.29) is 30.7 Å². The van der Waals surface area contributed by atoms with E-state index in [4.69, 9.17) is 0 Å². The zero-order valence-corrected chi connectivity index (χ0v) is 29.4. The van der Waals surface area contributed by atoms with Gasteiger partial charge in [0.15, 0.2) is 24.4 Å². The highest BCUT2D eigenvalue weighted by Gasteiger charge is 2.42. The van der Waals surface area contributed by atoms with E-state index in [0.29, 0.717) is 25.4 Å². The third-order valence-corrected chi connectivity index (χ3v) is 9.96.